The number of sulfone groups is 1. The van der Waals surface area contributed by atoms with Gasteiger partial charge in [-0.1, -0.05) is 0 Å². The summed E-state index contributed by atoms with van der Waals surface area (Å²) in [4.78, 5) is 20.7. The number of aromatic nitrogens is 2. The summed E-state index contributed by atoms with van der Waals surface area (Å²) in [6.07, 6.45) is 1.50. The van der Waals surface area contributed by atoms with E-state index in [1.165, 1.54) is 0 Å². The van der Waals surface area contributed by atoms with Gasteiger partial charge in [0, 0.05) is 30.5 Å². The number of aliphatic hydroxyl groups excluding tert-OH is 1. The van der Waals surface area contributed by atoms with E-state index in [0.717, 1.165) is 0 Å². The largest absolute Gasteiger partial charge is 0.396 e. The van der Waals surface area contributed by atoms with E-state index in [9.17, 15) is 13.2 Å². The molecule has 0 atom stereocenters. The number of aliphatic hydroxyl groups is 1. The second kappa shape index (κ2) is 8.43. The summed E-state index contributed by atoms with van der Waals surface area (Å²) >= 11 is 0. The van der Waals surface area contributed by atoms with Crippen molar-refractivity contribution in [2.24, 2.45) is 0 Å². The molecule has 0 spiro atoms. The van der Waals surface area contributed by atoms with Gasteiger partial charge < -0.3 is 21.5 Å². The fourth-order valence-electron chi connectivity index (χ4n) is 3.35. The van der Waals surface area contributed by atoms with Gasteiger partial charge in [-0.25, -0.2) is 23.2 Å². The molecule has 1 saturated carbocycles. The monoisotopic (exact) mass is 447 g/mol. The highest BCUT2D eigenvalue weighted by atomic mass is 32.2. The maximum absolute atomic E-state index is 13.2. The molecule has 2 aromatic rings. The van der Waals surface area contributed by atoms with Crippen LogP contribution in [0.25, 0.3) is 11.4 Å². The fourth-order valence-corrected chi connectivity index (χ4v) is 5.54. The fraction of sp³-hybridized carbons (Fsp3) is 0.476. The number of nitrogen functional groups attached to an aromatic ring is 1. The molecule has 1 aromatic heterocycles. The molecule has 1 heterocycles. The summed E-state index contributed by atoms with van der Waals surface area (Å²) in [6.45, 7) is 5.47. The van der Waals surface area contributed by atoms with E-state index in [1.54, 1.807) is 51.1 Å². The van der Waals surface area contributed by atoms with Crippen molar-refractivity contribution in [3.63, 3.8) is 0 Å². The molecule has 0 saturated heterocycles. The number of benzene rings is 1. The maximum Gasteiger partial charge on any atom is 0.319 e. The van der Waals surface area contributed by atoms with Crippen molar-refractivity contribution >= 4 is 27.4 Å². The summed E-state index contributed by atoms with van der Waals surface area (Å²) < 4.78 is 24.4. The van der Waals surface area contributed by atoms with Gasteiger partial charge in [0.15, 0.2) is 15.7 Å². The highest BCUT2D eigenvalue weighted by molar-refractivity contribution is 7.94. The van der Waals surface area contributed by atoms with Crippen LogP contribution in [0.1, 0.15) is 45.7 Å². The Hall–Kier alpha value is -2.72. The van der Waals surface area contributed by atoms with Crippen molar-refractivity contribution in [2.75, 3.05) is 24.2 Å². The number of carbonyl (C=O) groups excluding carboxylic acids is 1. The summed E-state index contributed by atoms with van der Waals surface area (Å²) in [7, 11) is -3.48. The summed E-state index contributed by atoms with van der Waals surface area (Å²) in [5.74, 6) is 0.546. The summed E-state index contributed by atoms with van der Waals surface area (Å²) in [6, 6.07) is 8.05. The zero-order valence-corrected chi connectivity index (χ0v) is 18.8. The predicted molar refractivity (Wildman–Crippen MR) is 120 cm³/mol. The van der Waals surface area contributed by atoms with E-state index in [0.29, 0.717) is 48.6 Å². The van der Waals surface area contributed by atoms with E-state index < -0.39 is 19.3 Å². The lowest BCUT2D eigenvalue weighted by atomic mass is 10.1. The lowest BCUT2D eigenvalue weighted by Gasteiger charge is -2.26. The number of nitrogens with zero attached hydrogens (tertiary/aromatic N) is 2. The Bertz CT molecular complexity index is 1060. The maximum atomic E-state index is 13.2. The van der Waals surface area contributed by atoms with E-state index in [1.807, 2.05) is 0 Å². The van der Waals surface area contributed by atoms with Crippen LogP contribution in [0.4, 0.5) is 16.3 Å². The van der Waals surface area contributed by atoms with Crippen LogP contribution in [0.15, 0.2) is 30.3 Å². The quantitative estimate of drug-likeness (QED) is 0.477. The Morgan fingerprint density at radius 2 is 1.84 bits per heavy atom. The Morgan fingerprint density at radius 3 is 2.39 bits per heavy atom. The van der Waals surface area contributed by atoms with Crippen molar-refractivity contribution in [3.05, 3.63) is 36.0 Å². The van der Waals surface area contributed by atoms with Crippen molar-refractivity contribution in [1.29, 1.82) is 0 Å². The first-order valence-corrected chi connectivity index (χ1v) is 11.6. The van der Waals surface area contributed by atoms with E-state index in [-0.39, 0.29) is 18.5 Å². The van der Waals surface area contributed by atoms with Crippen LogP contribution in [-0.4, -0.2) is 47.4 Å². The number of anilines is 2. The number of carbonyl (C=O) groups is 1. The molecule has 0 bridgehead atoms. The van der Waals surface area contributed by atoms with Crippen LogP contribution in [-0.2, 0) is 14.6 Å². The number of nitrogens with two attached hydrogens (primary N) is 1. The molecule has 1 aliphatic carbocycles. The lowest BCUT2D eigenvalue weighted by molar-refractivity contribution is 0.249. The standard InChI is InChI=1S/C21H29N5O4S/c1-20(2,3)31(29,30)21(9-10-21)16-13-17(22)26-18(25-16)14-5-7-15(8-6-14)24-19(28)23-11-4-12-27/h5-8,13,27H,4,9-12H2,1-3H3,(H2,22,25,26)(H2,23,24,28). The Kier molecular flexibility index (Phi) is 6.24. The van der Waals surface area contributed by atoms with Gasteiger partial charge >= 0.3 is 6.03 Å². The van der Waals surface area contributed by atoms with Crippen LogP contribution in [0, 0.1) is 0 Å². The highest BCUT2D eigenvalue weighted by Gasteiger charge is 2.60. The van der Waals surface area contributed by atoms with Crippen LogP contribution in [0.2, 0.25) is 0 Å². The zero-order valence-electron chi connectivity index (χ0n) is 18.0. The second-order valence-corrected chi connectivity index (χ2v) is 11.7. The molecule has 5 N–H and O–H groups in total. The molecule has 0 radical (unpaired) electrons. The van der Waals surface area contributed by atoms with Crippen LogP contribution in [0.3, 0.4) is 0 Å². The third kappa shape index (κ3) is 4.64. The van der Waals surface area contributed by atoms with E-state index in [4.69, 9.17) is 10.8 Å². The minimum absolute atomic E-state index is 0.00944. The molecule has 0 aliphatic heterocycles. The first-order chi connectivity index (χ1) is 14.5. The predicted octanol–water partition coefficient (Wildman–Crippen LogP) is 2.43. The second-order valence-electron chi connectivity index (χ2n) is 8.65. The minimum Gasteiger partial charge on any atom is -0.396 e. The van der Waals surface area contributed by atoms with Gasteiger partial charge in [0.2, 0.25) is 0 Å². The smallest absolute Gasteiger partial charge is 0.319 e. The summed E-state index contributed by atoms with van der Waals surface area (Å²) in [5.41, 5.74) is 7.65. The van der Waals surface area contributed by atoms with Crippen LogP contribution in [0.5, 0.6) is 0 Å². The van der Waals surface area contributed by atoms with Gasteiger partial charge in [0.1, 0.15) is 10.6 Å². The molecule has 1 aliphatic rings. The molecular weight excluding hydrogens is 418 g/mol. The van der Waals surface area contributed by atoms with Gasteiger partial charge in [-0.3, -0.25) is 0 Å². The molecule has 1 fully saturated rings. The molecule has 2 amide bonds. The molecule has 31 heavy (non-hydrogen) atoms. The third-order valence-electron chi connectivity index (χ3n) is 5.26. The highest BCUT2D eigenvalue weighted by Crippen LogP contribution is 2.55. The lowest BCUT2D eigenvalue weighted by Crippen LogP contribution is -2.38. The molecule has 1 aromatic carbocycles. The number of hydrogen-bond donors (Lipinski definition) is 4. The van der Waals surface area contributed by atoms with Crippen molar-refractivity contribution in [2.45, 2.75) is 49.5 Å². The SMILES string of the molecule is CC(C)(C)S(=O)(=O)C1(c2cc(N)nc(-c3ccc(NC(=O)NCCCO)cc3)n2)CC1. The first kappa shape index (κ1) is 23.0. The normalized spacial score (nSPS) is 15.4. The Balaban J connectivity index is 1.84. The van der Waals surface area contributed by atoms with Gasteiger partial charge in [-0.2, -0.15) is 0 Å². The van der Waals surface area contributed by atoms with E-state index >= 15 is 0 Å². The number of nitrogens with one attached hydrogen (secondary N) is 2. The van der Waals surface area contributed by atoms with Crippen molar-refractivity contribution < 1.29 is 18.3 Å². The number of urea groups is 1. The topological polar surface area (TPSA) is 147 Å². The molecule has 0 unspecified atom stereocenters. The summed E-state index contributed by atoms with van der Waals surface area (Å²) in [5, 5.41) is 14.1. The molecular formula is C21H29N5O4S. The molecule has 3 rings (SSSR count). The molecule has 10 heteroatoms. The average Bonchev–Trinajstić information content (AvgIpc) is 3.50. The Labute approximate surface area is 182 Å². The average molecular weight is 448 g/mol. The Morgan fingerprint density at radius 1 is 1.19 bits per heavy atom. The number of hydrogen-bond acceptors (Lipinski definition) is 7. The van der Waals surface area contributed by atoms with Crippen molar-refractivity contribution in [3.8, 4) is 11.4 Å². The molecule has 168 valence electrons. The van der Waals surface area contributed by atoms with Crippen LogP contribution < -0.4 is 16.4 Å². The van der Waals surface area contributed by atoms with Gasteiger partial charge in [-0.05, 0) is 64.3 Å². The zero-order chi connectivity index (χ0) is 22.9. The number of amides is 2. The van der Waals surface area contributed by atoms with Gasteiger partial charge in [0.05, 0.1) is 10.4 Å². The third-order valence-corrected chi connectivity index (χ3v) is 8.52. The van der Waals surface area contributed by atoms with Crippen molar-refractivity contribution in [1.82, 2.24) is 15.3 Å². The van der Waals surface area contributed by atoms with Gasteiger partial charge in [0.25, 0.3) is 0 Å². The first-order valence-electron chi connectivity index (χ1n) is 10.2. The van der Waals surface area contributed by atoms with Crippen LogP contribution >= 0.6 is 0 Å². The van der Waals surface area contributed by atoms with E-state index in [2.05, 4.69) is 20.6 Å². The number of rotatable bonds is 7. The van der Waals surface area contributed by atoms with Gasteiger partial charge in [-0.15, -0.1) is 0 Å². The minimum atomic E-state index is -3.48. The molecule has 9 nitrogen and oxygen atoms in total.